The minimum atomic E-state index is 0. The first-order chi connectivity index (χ1) is 10.1. The molecule has 3 aliphatic rings. The zero-order valence-corrected chi connectivity index (χ0v) is 19.9. The monoisotopic (exact) mass is 443 g/mol. The van der Waals surface area contributed by atoms with Crippen LogP contribution in [0.5, 0.6) is 0 Å². The molecule has 3 rings (SSSR count). The maximum Gasteiger partial charge on any atom is -1.00 e. The van der Waals surface area contributed by atoms with E-state index in [1.54, 1.807) is 30.3 Å². The standard InChI is InChI=1S/C21H31.2ClH.Zr/c1-19(2,3)15-10-11-16(14-15)21(6)13-12-20(4,5)17-8-7-9-18(17)21;;;/h8,10,12-14,17-18H,7,9,11H2,1-6H3;2*1H;/q;;;+2/p-2. The SMILES string of the molecule is CC(C)(C)C1=CCC(C2(C)C=CC(C)(C)C3[CH]([Zr+2])CCC32)=C1.[Cl-].[Cl-]. The average Bonchev–Trinajstić information content (AvgIpc) is 3.01. The molecule has 0 heterocycles. The van der Waals surface area contributed by atoms with E-state index in [0.717, 1.165) is 15.5 Å². The summed E-state index contributed by atoms with van der Waals surface area (Å²) in [6.45, 7) is 14.5. The molecule has 0 N–H and O–H groups in total. The largest absolute Gasteiger partial charge is 1.00 e. The molecule has 133 valence electrons. The van der Waals surface area contributed by atoms with Crippen LogP contribution in [0.1, 0.15) is 60.8 Å². The molecule has 3 heteroatoms. The predicted molar refractivity (Wildman–Crippen MR) is 91.2 cm³/mol. The molecule has 0 aromatic rings. The van der Waals surface area contributed by atoms with Gasteiger partial charge >= 0.3 is 153 Å². The van der Waals surface area contributed by atoms with Crippen molar-refractivity contribution in [3.8, 4) is 0 Å². The zero-order chi connectivity index (χ0) is 16.3. The summed E-state index contributed by atoms with van der Waals surface area (Å²) >= 11 is 1.75. The fraction of sp³-hybridized carbons (Fsp3) is 0.714. The van der Waals surface area contributed by atoms with Gasteiger partial charge in [-0.1, -0.05) is 0 Å². The van der Waals surface area contributed by atoms with Crippen LogP contribution in [0.4, 0.5) is 0 Å². The Labute approximate surface area is 176 Å². The number of hydrogen-bond donors (Lipinski definition) is 0. The maximum atomic E-state index is 2.58. The van der Waals surface area contributed by atoms with E-state index in [0.29, 0.717) is 5.41 Å². The zero-order valence-electron chi connectivity index (χ0n) is 15.9. The Kier molecular flexibility index (Phi) is 6.97. The van der Waals surface area contributed by atoms with Crippen LogP contribution in [-0.2, 0) is 24.7 Å². The van der Waals surface area contributed by atoms with Gasteiger partial charge in [0.15, 0.2) is 0 Å². The Balaban J connectivity index is 0.00000144. The fourth-order valence-corrected chi connectivity index (χ4v) is 7.14. The summed E-state index contributed by atoms with van der Waals surface area (Å²) in [5, 5.41) is 0. The third-order valence-corrected chi connectivity index (χ3v) is 8.17. The third kappa shape index (κ3) is 3.70. The summed E-state index contributed by atoms with van der Waals surface area (Å²) in [7, 11) is 0. The number of halogens is 2. The Morgan fingerprint density at radius 3 is 2.21 bits per heavy atom. The van der Waals surface area contributed by atoms with E-state index in [1.807, 2.05) is 0 Å². The van der Waals surface area contributed by atoms with Crippen LogP contribution < -0.4 is 24.8 Å². The molecule has 0 nitrogen and oxygen atoms in total. The molecular weight excluding hydrogens is 414 g/mol. The van der Waals surface area contributed by atoms with Crippen LogP contribution in [0.3, 0.4) is 0 Å². The summed E-state index contributed by atoms with van der Waals surface area (Å²) in [4.78, 5) is 0. The number of rotatable bonds is 1. The molecule has 0 bridgehead atoms. The molecule has 0 aromatic heterocycles. The fourth-order valence-electron chi connectivity index (χ4n) is 5.10. The second-order valence-corrected chi connectivity index (χ2v) is 11.4. The van der Waals surface area contributed by atoms with E-state index < -0.39 is 0 Å². The van der Waals surface area contributed by atoms with E-state index in [9.17, 15) is 0 Å². The van der Waals surface area contributed by atoms with Gasteiger partial charge in [-0.25, -0.2) is 0 Å². The molecule has 0 spiro atoms. The van der Waals surface area contributed by atoms with Gasteiger partial charge in [-0.15, -0.1) is 0 Å². The Hall–Kier alpha value is 0.683. The van der Waals surface area contributed by atoms with Gasteiger partial charge in [-0.05, 0) is 0 Å². The van der Waals surface area contributed by atoms with Crippen molar-refractivity contribution in [2.75, 3.05) is 0 Å². The molecule has 1 saturated carbocycles. The van der Waals surface area contributed by atoms with Crippen molar-refractivity contribution in [3.63, 3.8) is 0 Å². The molecule has 0 aromatic carbocycles. The second kappa shape index (κ2) is 7.36. The van der Waals surface area contributed by atoms with Crippen molar-refractivity contribution < 1.29 is 49.5 Å². The summed E-state index contributed by atoms with van der Waals surface area (Å²) in [5.41, 5.74) is 4.16. The second-order valence-electron chi connectivity index (χ2n) is 9.54. The Bertz CT molecular complexity index is 565. The van der Waals surface area contributed by atoms with E-state index in [4.69, 9.17) is 0 Å². The first-order valence-electron chi connectivity index (χ1n) is 8.89. The maximum absolute atomic E-state index is 2.58. The van der Waals surface area contributed by atoms with E-state index in [2.05, 4.69) is 65.8 Å². The first kappa shape index (κ1) is 22.7. The van der Waals surface area contributed by atoms with Crippen LogP contribution in [0.15, 0.2) is 35.5 Å². The van der Waals surface area contributed by atoms with Crippen molar-refractivity contribution in [3.05, 3.63) is 35.5 Å². The Morgan fingerprint density at radius 1 is 1.04 bits per heavy atom. The van der Waals surface area contributed by atoms with Gasteiger partial charge in [0.2, 0.25) is 0 Å². The summed E-state index contributed by atoms with van der Waals surface area (Å²) in [6, 6.07) is 0. The smallest absolute Gasteiger partial charge is 1.00 e. The van der Waals surface area contributed by atoms with Crippen LogP contribution >= 0.6 is 0 Å². The van der Waals surface area contributed by atoms with Gasteiger partial charge in [-0.3, -0.25) is 0 Å². The molecule has 4 atom stereocenters. The van der Waals surface area contributed by atoms with Crippen LogP contribution in [0.2, 0.25) is 3.63 Å². The minimum absolute atomic E-state index is 0. The molecule has 0 saturated heterocycles. The average molecular weight is 446 g/mol. The predicted octanol–water partition coefficient (Wildman–Crippen LogP) is 0.261. The van der Waals surface area contributed by atoms with Gasteiger partial charge in [-0.2, -0.15) is 0 Å². The van der Waals surface area contributed by atoms with Gasteiger partial charge < -0.3 is 24.8 Å². The first-order valence-corrected chi connectivity index (χ1v) is 10.3. The van der Waals surface area contributed by atoms with Crippen molar-refractivity contribution >= 4 is 0 Å². The molecule has 1 fully saturated rings. The third-order valence-electron chi connectivity index (χ3n) is 6.57. The molecule has 4 unspecified atom stereocenters. The molecular formula is C21H31Cl2Zr. The van der Waals surface area contributed by atoms with Crippen LogP contribution in [-0.4, -0.2) is 0 Å². The molecule has 0 amide bonds. The van der Waals surface area contributed by atoms with Crippen molar-refractivity contribution in [2.24, 2.45) is 28.1 Å². The molecule has 3 aliphatic carbocycles. The Morgan fingerprint density at radius 2 is 1.67 bits per heavy atom. The van der Waals surface area contributed by atoms with E-state index in [1.165, 1.54) is 24.8 Å². The van der Waals surface area contributed by atoms with E-state index >= 15 is 0 Å². The normalized spacial score (nSPS) is 37.1. The summed E-state index contributed by atoms with van der Waals surface area (Å²) in [6.07, 6.45) is 14.2. The van der Waals surface area contributed by atoms with Gasteiger partial charge in [0.05, 0.1) is 0 Å². The summed E-state index contributed by atoms with van der Waals surface area (Å²) < 4.78 is 0.952. The quantitative estimate of drug-likeness (QED) is 0.508. The number of hydrogen-bond acceptors (Lipinski definition) is 0. The van der Waals surface area contributed by atoms with Crippen molar-refractivity contribution in [2.45, 2.75) is 64.4 Å². The van der Waals surface area contributed by atoms with Crippen LogP contribution in [0.25, 0.3) is 0 Å². The molecule has 24 heavy (non-hydrogen) atoms. The van der Waals surface area contributed by atoms with Crippen LogP contribution in [0, 0.1) is 28.1 Å². The number of allylic oxidation sites excluding steroid dienone is 6. The van der Waals surface area contributed by atoms with Crippen molar-refractivity contribution in [1.82, 2.24) is 0 Å². The number of fused-ring (bicyclic) bond motifs is 1. The van der Waals surface area contributed by atoms with Gasteiger partial charge in [0, 0.05) is 0 Å². The van der Waals surface area contributed by atoms with E-state index in [-0.39, 0.29) is 35.6 Å². The van der Waals surface area contributed by atoms with Gasteiger partial charge in [0.1, 0.15) is 0 Å². The van der Waals surface area contributed by atoms with Crippen molar-refractivity contribution in [1.29, 1.82) is 0 Å². The molecule has 0 aliphatic heterocycles. The molecule has 0 radical (unpaired) electrons. The summed E-state index contributed by atoms with van der Waals surface area (Å²) in [5.74, 6) is 1.72. The topological polar surface area (TPSA) is 0 Å². The minimum Gasteiger partial charge on any atom is -1.00 e. The van der Waals surface area contributed by atoms with Gasteiger partial charge in [0.25, 0.3) is 0 Å².